The van der Waals surface area contributed by atoms with Gasteiger partial charge in [-0.05, 0) is 64.6 Å². The van der Waals surface area contributed by atoms with Crippen molar-refractivity contribution >= 4 is 82.0 Å². The van der Waals surface area contributed by atoms with Gasteiger partial charge in [-0.3, -0.25) is 14.4 Å². The molecular weight excluding hydrogens is 637 g/mol. The molecule has 0 unspecified atom stereocenters. The van der Waals surface area contributed by atoms with E-state index in [-0.39, 0.29) is 34.0 Å². The maximum absolute atomic E-state index is 15.6. The Labute approximate surface area is 298 Å². The van der Waals surface area contributed by atoms with Crippen LogP contribution in [-0.2, 0) is 0 Å². The van der Waals surface area contributed by atoms with E-state index in [4.69, 9.17) is 0 Å². The van der Waals surface area contributed by atoms with Gasteiger partial charge in [0.1, 0.15) is 0 Å². The molecule has 0 atom stereocenters. The quantitative estimate of drug-likeness (QED) is 0.131. The second-order valence-corrected chi connectivity index (χ2v) is 13.4. The number of hydrogen-bond donors (Lipinski definition) is 0. The lowest BCUT2D eigenvalue weighted by Gasteiger charge is -2.22. The minimum absolute atomic E-state index is 0.123. The first-order valence-corrected chi connectivity index (χ1v) is 17.4. The molecule has 242 valence electrons. The summed E-state index contributed by atoms with van der Waals surface area (Å²) in [6.07, 6.45) is 0. The molecule has 0 aromatic heterocycles. The van der Waals surface area contributed by atoms with Gasteiger partial charge in [-0.1, -0.05) is 170 Å². The van der Waals surface area contributed by atoms with E-state index in [2.05, 4.69) is 12.1 Å². The maximum atomic E-state index is 15.6. The van der Waals surface area contributed by atoms with Crippen molar-refractivity contribution in [2.45, 2.75) is 0 Å². The largest absolute Gasteiger partial charge is 0.289 e. The molecule has 0 saturated carbocycles. The third-order valence-corrected chi connectivity index (χ3v) is 10.6. The van der Waals surface area contributed by atoms with Crippen LogP contribution in [0.2, 0.25) is 0 Å². The molecule has 0 radical (unpaired) electrons. The van der Waals surface area contributed by atoms with E-state index in [1.54, 1.807) is 6.07 Å². The van der Waals surface area contributed by atoms with Gasteiger partial charge in [0.25, 0.3) is 0 Å². The van der Waals surface area contributed by atoms with Crippen molar-refractivity contribution in [3.8, 4) is 0 Å². The molecule has 52 heavy (non-hydrogen) atoms. The van der Waals surface area contributed by atoms with Crippen molar-refractivity contribution in [1.82, 2.24) is 0 Å². The molecule has 0 bridgehead atoms. The van der Waals surface area contributed by atoms with Crippen LogP contribution in [0.5, 0.6) is 0 Å². The molecule has 10 aromatic rings. The van der Waals surface area contributed by atoms with Crippen LogP contribution in [0.4, 0.5) is 0 Å². The molecule has 0 N–H and O–H groups in total. The summed E-state index contributed by atoms with van der Waals surface area (Å²) in [5.74, 6) is -0.968. The molecule has 0 aliphatic carbocycles. The summed E-state index contributed by atoms with van der Waals surface area (Å²) in [7, 11) is 0. The molecule has 0 fully saturated rings. The number of hydrogen-bond acceptors (Lipinski definition) is 3. The summed E-state index contributed by atoms with van der Waals surface area (Å²) in [6, 6.07) is 54.3. The Kier molecular flexibility index (Phi) is 6.64. The predicted octanol–water partition coefficient (Wildman–Crippen LogP) is 11.7. The Hall–Kier alpha value is -6.97. The zero-order valence-corrected chi connectivity index (χ0v) is 27.9. The lowest BCUT2D eigenvalue weighted by atomic mass is 9.78. The maximum Gasteiger partial charge on any atom is 0.195 e. The monoisotopic (exact) mass is 664 g/mol. The number of carbonyl (C=O) groups is 3. The predicted molar refractivity (Wildman–Crippen MR) is 212 cm³/mol. The van der Waals surface area contributed by atoms with E-state index in [0.717, 1.165) is 53.9 Å². The number of benzene rings is 10. The number of rotatable bonds is 6. The first kappa shape index (κ1) is 29.9. The van der Waals surface area contributed by atoms with Crippen LogP contribution < -0.4 is 0 Å². The summed E-state index contributed by atoms with van der Waals surface area (Å²) in [6.45, 7) is 0. The second-order valence-electron chi connectivity index (χ2n) is 13.4. The van der Waals surface area contributed by atoms with Crippen molar-refractivity contribution in [3.05, 3.63) is 203 Å². The fourth-order valence-corrected chi connectivity index (χ4v) is 8.27. The first-order chi connectivity index (χ1) is 25.6. The third-order valence-electron chi connectivity index (χ3n) is 10.6. The van der Waals surface area contributed by atoms with Crippen molar-refractivity contribution in [2.24, 2.45) is 0 Å². The lowest BCUT2D eigenvalue weighted by Crippen LogP contribution is -2.19. The topological polar surface area (TPSA) is 51.2 Å². The minimum Gasteiger partial charge on any atom is -0.289 e. The van der Waals surface area contributed by atoms with Gasteiger partial charge in [0.2, 0.25) is 0 Å². The van der Waals surface area contributed by atoms with Crippen LogP contribution in [0.15, 0.2) is 170 Å². The van der Waals surface area contributed by atoms with E-state index >= 15 is 14.4 Å². The van der Waals surface area contributed by atoms with Gasteiger partial charge in [0, 0.05) is 33.4 Å². The number of fused-ring (bicyclic) bond motifs is 3. The molecule has 3 nitrogen and oxygen atoms in total. The van der Waals surface area contributed by atoms with Gasteiger partial charge in [0.05, 0.1) is 0 Å². The average Bonchev–Trinajstić information content (AvgIpc) is 3.21. The molecule has 0 heterocycles. The molecule has 3 heteroatoms. The number of ketones is 3. The van der Waals surface area contributed by atoms with Crippen LogP contribution in [0.25, 0.3) is 64.6 Å². The van der Waals surface area contributed by atoms with Gasteiger partial charge in [-0.2, -0.15) is 0 Å². The smallest absolute Gasteiger partial charge is 0.195 e. The molecule has 0 aliphatic heterocycles. The highest BCUT2D eigenvalue weighted by atomic mass is 16.1. The molecular formula is C49H28O3. The summed E-state index contributed by atoms with van der Waals surface area (Å²) in [5, 5.41) is 10.1. The highest BCUT2D eigenvalue weighted by Gasteiger charge is 2.33. The summed E-state index contributed by atoms with van der Waals surface area (Å²) in [4.78, 5) is 46.5. The fraction of sp³-hybridized carbons (Fsp3) is 0. The molecule has 0 amide bonds. The zero-order valence-electron chi connectivity index (χ0n) is 27.9. The van der Waals surface area contributed by atoms with Crippen LogP contribution in [0, 0.1) is 0 Å². The van der Waals surface area contributed by atoms with E-state index in [1.807, 2.05) is 152 Å². The molecule has 10 aromatic carbocycles. The summed E-state index contributed by atoms with van der Waals surface area (Å²) >= 11 is 0. The Morgan fingerprint density at radius 2 is 0.577 bits per heavy atom. The third kappa shape index (κ3) is 4.36. The van der Waals surface area contributed by atoms with Crippen LogP contribution in [0.1, 0.15) is 47.8 Å². The molecule has 10 rings (SSSR count). The molecule has 0 saturated heterocycles. The minimum atomic E-state index is -0.366. The zero-order chi connectivity index (χ0) is 34.9. The summed E-state index contributed by atoms with van der Waals surface area (Å²) < 4.78 is 0. The van der Waals surface area contributed by atoms with Gasteiger partial charge in [-0.15, -0.1) is 0 Å². The fourth-order valence-electron chi connectivity index (χ4n) is 8.27. The van der Waals surface area contributed by atoms with Crippen LogP contribution in [0.3, 0.4) is 0 Å². The second kappa shape index (κ2) is 11.5. The van der Waals surface area contributed by atoms with Crippen molar-refractivity contribution in [3.63, 3.8) is 0 Å². The van der Waals surface area contributed by atoms with E-state index in [1.165, 1.54) is 0 Å². The Morgan fingerprint density at radius 1 is 0.250 bits per heavy atom. The summed E-state index contributed by atoms with van der Waals surface area (Å²) in [5.41, 5.74) is 1.99. The highest BCUT2D eigenvalue weighted by molar-refractivity contribution is 6.40. The Bertz CT molecular complexity index is 2960. The van der Waals surface area contributed by atoms with Crippen molar-refractivity contribution < 1.29 is 14.4 Å². The van der Waals surface area contributed by atoms with E-state index in [0.29, 0.717) is 27.5 Å². The van der Waals surface area contributed by atoms with E-state index < -0.39 is 0 Å². The lowest BCUT2D eigenvalue weighted by molar-refractivity contribution is 0.0994. The Morgan fingerprint density at radius 3 is 1.00 bits per heavy atom. The van der Waals surface area contributed by atoms with Crippen molar-refractivity contribution in [2.75, 3.05) is 0 Å². The van der Waals surface area contributed by atoms with Gasteiger partial charge in [-0.25, -0.2) is 0 Å². The van der Waals surface area contributed by atoms with E-state index in [9.17, 15) is 0 Å². The van der Waals surface area contributed by atoms with Gasteiger partial charge in [0.15, 0.2) is 17.3 Å². The van der Waals surface area contributed by atoms with Crippen molar-refractivity contribution in [1.29, 1.82) is 0 Å². The van der Waals surface area contributed by atoms with Gasteiger partial charge >= 0.3 is 0 Å². The Balaban J connectivity index is 1.41. The van der Waals surface area contributed by atoms with Crippen LogP contribution in [-0.4, -0.2) is 17.3 Å². The van der Waals surface area contributed by atoms with Crippen LogP contribution >= 0.6 is 0 Å². The normalized spacial score (nSPS) is 11.7. The average molecular weight is 665 g/mol. The first-order valence-electron chi connectivity index (χ1n) is 17.4. The molecule has 0 aliphatic rings. The SMILES string of the molecule is O=C(c1c(C(=O)c2cccc3ccccc23)c2ccc3cccc4ccc(c1C(=O)c1cccc5ccccc15)c2c34)c1cccc2ccccc12. The number of carbonyl (C=O) groups excluding carboxylic acids is 3. The highest BCUT2D eigenvalue weighted by Crippen LogP contribution is 2.43. The van der Waals surface area contributed by atoms with Gasteiger partial charge < -0.3 is 0 Å². The standard InChI is InChI=1S/C49H28O3/c50-47(37-22-8-14-29-11-1-4-19-34(29)37)44-40-27-25-32-17-7-18-33-26-28-41(43(40)42(32)33)45(48(51)38-23-9-15-30-12-2-5-20-35(30)38)46(44)49(52)39-24-10-16-31-13-3-6-21-36(31)39/h1-28H. The molecule has 0 spiro atoms.